The number of carbonyl (C=O) groups excluding carboxylic acids is 2. The van der Waals surface area contributed by atoms with E-state index < -0.39 is 6.29 Å². The average Bonchev–Trinajstić information content (AvgIpc) is 3.13. The van der Waals surface area contributed by atoms with Crippen molar-refractivity contribution in [1.82, 2.24) is 0 Å². The van der Waals surface area contributed by atoms with E-state index in [1.54, 1.807) is 6.92 Å². The molecular formula is C18H17NO4. The number of nitrogens with zero attached hydrogens (tertiary/aromatic N) is 1. The molecule has 0 unspecified atom stereocenters. The molecule has 4 aliphatic rings. The molecule has 5 nitrogen and oxygen atoms in total. The Morgan fingerprint density at radius 2 is 2.13 bits per heavy atom. The lowest BCUT2D eigenvalue weighted by molar-refractivity contribution is -0.164. The van der Waals surface area contributed by atoms with E-state index >= 15 is 0 Å². The second-order valence-electron chi connectivity index (χ2n) is 6.72. The van der Waals surface area contributed by atoms with Crippen LogP contribution in [0, 0.1) is 11.8 Å². The molecule has 5 rings (SSSR count). The first kappa shape index (κ1) is 13.5. The van der Waals surface area contributed by atoms with Gasteiger partial charge in [-0.15, -0.1) is 0 Å². The van der Waals surface area contributed by atoms with Gasteiger partial charge in [-0.2, -0.15) is 0 Å². The van der Waals surface area contributed by atoms with Gasteiger partial charge in [-0.1, -0.05) is 30.4 Å². The highest BCUT2D eigenvalue weighted by atomic mass is 16.7. The number of Topliss-reactive ketones (excluding diaryl/α,β-unsaturated/α-hetero) is 2. The maximum absolute atomic E-state index is 12.8. The third kappa shape index (κ3) is 1.64. The highest BCUT2D eigenvalue weighted by Crippen LogP contribution is 2.50. The lowest BCUT2D eigenvalue weighted by atomic mass is 9.78. The Morgan fingerprint density at radius 1 is 1.30 bits per heavy atom. The fourth-order valence-electron chi connectivity index (χ4n) is 4.74. The fourth-order valence-corrected chi connectivity index (χ4v) is 4.74. The summed E-state index contributed by atoms with van der Waals surface area (Å²) >= 11 is 0. The summed E-state index contributed by atoms with van der Waals surface area (Å²) in [6.07, 6.45) is 3.19. The van der Waals surface area contributed by atoms with E-state index in [1.807, 2.05) is 24.3 Å². The van der Waals surface area contributed by atoms with Crippen molar-refractivity contribution in [2.75, 3.05) is 11.5 Å². The van der Waals surface area contributed by atoms with Crippen LogP contribution < -0.4 is 4.90 Å². The first-order valence-corrected chi connectivity index (χ1v) is 8.03. The largest absolute Gasteiger partial charge is 0.353 e. The van der Waals surface area contributed by atoms with Crippen molar-refractivity contribution in [1.29, 1.82) is 0 Å². The van der Waals surface area contributed by atoms with Crippen LogP contribution in [0.2, 0.25) is 0 Å². The topological polar surface area (TPSA) is 55.8 Å². The van der Waals surface area contributed by atoms with Gasteiger partial charge in [0.15, 0.2) is 11.6 Å². The molecule has 0 spiro atoms. The fraction of sp³-hybridized carbons (Fsp3) is 0.444. The minimum absolute atomic E-state index is 0.0217. The third-order valence-electron chi connectivity index (χ3n) is 5.57. The minimum Gasteiger partial charge on any atom is -0.353 e. The number of hydrogen-bond acceptors (Lipinski definition) is 5. The number of carbonyl (C=O) groups is 2. The summed E-state index contributed by atoms with van der Waals surface area (Å²) < 4.78 is 11.2. The molecule has 0 N–H and O–H groups in total. The first-order chi connectivity index (χ1) is 11.2. The molecule has 118 valence electrons. The number of anilines is 1. The second-order valence-corrected chi connectivity index (χ2v) is 6.72. The Bertz CT molecular complexity index is 742. The molecule has 4 heterocycles. The van der Waals surface area contributed by atoms with Crippen LogP contribution in [0.3, 0.4) is 0 Å². The van der Waals surface area contributed by atoms with Gasteiger partial charge in [0.05, 0.1) is 30.7 Å². The van der Waals surface area contributed by atoms with Crippen LogP contribution in [0.25, 0.3) is 6.08 Å². The third-order valence-corrected chi connectivity index (χ3v) is 5.57. The first-order valence-electron chi connectivity index (χ1n) is 8.03. The lowest BCUT2D eigenvalue weighted by Crippen LogP contribution is -2.48. The maximum atomic E-state index is 12.8. The van der Waals surface area contributed by atoms with Gasteiger partial charge in [-0.05, 0) is 18.6 Å². The number of rotatable bonds is 1. The molecule has 0 aliphatic carbocycles. The highest BCUT2D eigenvalue weighted by molar-refractivity contribution is 5.95. The molecule has 4 aliphatic heterocycles. The molecule has 2 bridgehead atoms. The van der Waals surface area contributed by atoms with Crippen molar-refractivity contribution in [3.8, 4) is 0 Å². The van der Waals surface area contributed by atoms with Gasteiger partial charge in [-0.25, -0.2) is 0 Å². The smallest absolute Gasteiger partial charge is 0.218 e. The molecule has 3 saturated heterocycles. The SMILES string of the molecule is CC(=O)[C@H]1[C@@H]2[C@H](C(=O)[C@H]3OC[C@@H]2O3)[C@@H]2C=Cc3ccccc3N21. The molecule has 1 aromatic carbocycles. The van der Waals surface area contributed by atoms with Crippen LogP contribution in [0.4, 0.5) is 5.69 Å². The molecule has 0 radical (unpaired) electrons. The van der Waals surface area contributed by atoms with E-state index in [0.717, 1.165) is 11.3 Å². The van der Waals surface area contributed by atoms with E-state index in [-0.39, 0.29) is 41.6 Å². The quantitative estimate of drug-likeness (QED) is 0.785. The van der Waals surface area contributed by atoms with Crippen molar-refractivity contribution in [3.63, 3.8) is 0 Å². The molecule has 0 aromatic heterocycles. The zero-order valence-corrected chi connectivity index (χ0v) is 12.7. The van der Waals surface area contributed by atoms with Crippen LogP contribution in [-0.4, -0.2) is 42.7 Å². The van der Waals surface area contributed by atoms with Gasteiger partial charge in [0.25, 0.3) is 0 Å². The van der Waals surface area contributed by atoms with Gasteiger partial charge < -0.3 is 14.4 Å². The molecule has 3 fully saturated rings. The van der Waals surface area contributed by atoms with E-state index in [2.05, 4.69) is 17.1 Å². The summed E-state index contributed by atoms with van der Waals surface area (Å²) in [6, 6.07) is 7.59. The summed E-state index contributed by atoms with van der Waals surface area (Å²) in [6.45, 7) is 2.00. The summed E-state index contributed by atoms with van der Waals surface area (Å²) in [4.78, 5) is 27.4. The Hall–Kier alpha value is -1.98. The molecule has 0 saturated carbocycles. The van der Waals surface area contributed by atoms with Gasteiger partial charge in [-0.3, -0.25) is 9.59 Å². The van der Waals surface area contributed by atoms with Crippen LogP contribution >= 0.6 is 0 Å². The normalized spacial score (nSPS) is 39.9. The van der Waals surface area contributed by atoms with Crippen LogP contribution in [0.15, 0.2) is 30.3 Å². The highest BCUT2D eigenvalue weighted by Gasteiger charge is 2.62. The summed E-state index contributed by atoms with van der Waals surface area (Å²) in [5.41, 5.74) is 2.11. The summed E-state index contributed by atoms with van der Waals surface area (Å²) in [5.74, 6) is -0.319. The van der Waals surface area contributed by atoms with Crippen LogP contribution in [0.5, 0.6) is 0 Å². The van der Waals surface area contributed by atoms with E-state index in [0.29, 0.717) is 6.61 Å². The monoisotopic (exact) mass is 311 g/mol. The average molecular weight is 311 g/mol. The van der Waals surface area contributed by atoms with Crippen molar-refractivity contribution in [2.45, 2.75) is 31.4 Å². The number of fused-ring (bicyclic) bond motifs is 8. The molecule has 1 aromatic rings. The Balaban J connectivity index is 1.69. The Kier molecular flexibility index (Phi) is 2.65. The van der Waals surface area contributed by atoms with E-state index in [1.165, 1.54) is 0 Å². The predicted octanol–water partition coefficient (Wildman–Crippen LogP) is 1.42. The summed E-state index contributed by atoms with van der Waals surface area (Å²) in [7, 11) is 0. The zero-order valence-electron chi connectivity index (χ0n) is 12.7. The van der Waals surface area contributed by atoms with Gasteiger partial charge >= 0.3 is 0 Å². The molecule has 5 heteroatoms. The maximum Gasteiger partial charge on any atom is 0.218 e. The Labute approximate surface area is 133 Å². The van der Waals surface area contributed by atoms with Gasteiger partial charge in [0.2, 0.25) is 6.29 Å². The summed E-state index contributed by atoms with van der Waals surface area (Å²) in [5, 5.41) is 0. The molecule has 6 atom stereocenters. The standard InChI is InChI=1S/C18H17NO4/c1-9(20)16-15-13-8-22-18(23-13)17(21)14(15)12-7-6-10-4-2-3-5-11(10)19(12)16/h2-7,12-16,18H,8H2,1H3/t12-,13-,14+,15-,16-,18-/m0/s1. The number of para-hydroxylation sites is 1. The van der Waals surface area contributed by atoms with Crippen LogP contribution in [-0.2, 0) is 19.1 Å². The predicted molar refractivity (Wildman–Crippen MR) is 82.8 cm³/mol. The van der Waals surface area contributed by atoms with Crippen molar-refractivity contribution in [2.24, 2.45) is 11.8 Å². The Morgan fingerprint density at radius 3 is 2.96 bits per heavy atom. The number of ether oxygens (including phenoxy) is 2. The van der Waals surface area contributed by atoms with Crippen molar-refractivity contribution in [3.05, 3.63) is 35.9 Å². The van der Waals surface area contributed by atoms with Crippen molar-refractivity contribution < 1.29 is 19.1 Å². The van der Waals surface area contributed by atoms with Gasteiger partial charge in [0.1, 0.15) is 0 Å². The van der Waals surface area contributed by atoms with Gasteiger partial charge in [0, 0.05) is 11.6 Å². The number of hydrogen-bond donors (Lipinski definition) is 0. The van der Waals surface area contributed by atoms with E-state index in [9.17, 15) is 9.59 Å². The lowest BCUT2D eigenvalue weighted by Gasteiger charge is -2.35. The molecule has 0 amide bonds. The van der Waals surface area contributed by atoms with Crippen LogP contribution in [0.1, 0.15) is 12.5 Å². The van der Waals surface area contributed by atoms with Crippen molar-refractivity contribution >= 4 is 23.3 Å². The molecular weight excluding hydrogens is 294 g/mol. The minimum atomic E-state index is -0.751. The second kappa shape index (κ2) is 4.52. The zero-order chi connectivity index (χ0) is 15.7. The molecule has 23 heavy (non-hydrogen) atoms. The number of benzene rings is 1. The van der Waals surface area contributed by atoms with E-state index in [4.69, 9.17) is 9.47 Å². The number of ketones is 2.